The van der Waals surface area contributed by atoms with Crippen LogP contribution in [0.4, 0.5) is 0 Å². The van der Waals surface area contributed by atoms with Crippen LogP contribution in [0, 0.1) is 0 Å². The third kappa shape index (κ3) is 46.4. The first-order valence-electron chi connectivity index (χ1n) is 27.9. The fourth-order valence-corrected chi connectivity index (χ4v) is 8.49. The number of hydrogen-bond donors (Lipinski definition) is 3. The van der Waals surface area contributed by atoms with Crippen LogP contribution < -0.4 is 5.32 Å². The molecule has 64 heavy (non-hydrogen) atoms. The van der Waals surface area contributed by atoms with Gasteiger partial charge in [0.2, 0.25) is 5.91 Å². The highest BCUT2D eigenvalue weighted by molar-refractivity contribution is 5.77. The number of carbonyl (C=O) groups is 2. The number of nitrogens with one attached hydrogen (secondary N) is 1. The molecule has 0 heterocycles. The maximum absolute atomic E-state index is 13.2. The topological polar surface area (TPSA) is 95.9 Å². The Labute approximate surface area is 397 Å². The molecule has 374 valence electrons. The fraction of sp³-hybridized carbons (Fsp3) is 0.828. The average Bonchev–Trinajstić information content (AvgIpc) is 3.29. The molecule has 0 bridgehead atoms. The van der Waals surface area contributed by atoms with Gasteiger partial charge in [0.1, 0.15) is 6.10 Å². The highest BCUT2D eigenvalue weighted by Crippen LogP contribution is 2.18. The summed E-state index contributed by atoms with van der Waals surface area (Å²) in [5, 5.41) is 23.9. The van der Waals surface area contributed by atoms with E-state index in [9.17, 15) is 19.8 Å². The summed E-state index contributed by atoms with van der Waals surface area (Å²) < 4.78 is 5.93. The molecule has 0 aliphatic rings. The van der Waals surface area contributed by atoms with Gasteiger partial charge in [-0.2, -0.15) is 0 Å². The monoisotopic (exact) mass is 898 g/mol. The van der Waals surface area contributed by atoms with Crippen molar-refractivity contribution in [3.8, 4) is 0 Å². The number of aliphatic hydroxyl groups excluding tert-OH is 2. The van der Waals surface area contributed by atoms with Gasteiger partial charge in [0.15, 0.2) is 0 Å². The summed E-state index contributed by atoms with van der Waals surface area (Å²) in [4.78, 5) is 26.2. The first kappa shape index (κ1) is 61.8. The minimum absolute atomic E-state index is 0.0598. The maximum atomic E-state index is 13.2. The largest absolute Gasteiger partial charge is 0.462 e. The molecule has 0 aromatic carbocycles. The summed E-state index contributed by atoms with van der Waals surface area (Å²) in [6.07, 6.45) is 63.2. The quantitative estimate of drug-likeness (QED) is 0.0245. The molecule has 6 nitrogen and oxygen atoms in total. The molecule has 0 saturated heterocycles. The highest BCUT2D eigenvalue weighted by Gasteiger charge is 2.24. The van der Waals surface area contributed by atoms with Crippen LogP contribution in [-0.2, 0) is 14.3 Å². The smallest absolute Gasteiger partial charge is 0.306 e. The number of hydrogen-bond acceptors (Lipinski definition) is 5. The Morgan fingerprint density at radius 2 is 0.859 bits per heavy atom. The van der Waals surface area contributed by atoms with E-state index >= 15 is 0 Å². The second kappa shape index (κ2) is 51.8. The van der Waals surface area contributed by atoms with Crippen LogP contribution in [0.5, 0.6) is 0 Å². The lowest BCUT2D eigenvalue weighted by Gasteiger charge is -2.24. The molecule has 0 rings (SSSR count). The van der Waals surface area contributed by atoms with Gasteiger partial charge in [-0.25, -0.2) is 0 Å². The number of rotatable bonds is 50. The van der Waals surface area contributed by atoms with Gasteiger partial charge < -0.3 is 20.3 Å². The van der Waals surface area contributed by atoms with E-state index in [0.29, 0.717) is 19.3 Å². The van der Waals surface area contributed by atoms with Gasteiger partial charge in [0.25, 0.3) is 0 Å². The summed E-state index contributed by atoms with van der Waals surface area (Å²) in [5.41, 5.74) is 0. The van der Waals surface area contributed by atoms with Crippen LogP contribution in [0.3, 0.4) is 0 Å². The minimum Gasteiger partial charge on any atom is -0.462 e. The lowest BCUT2D eigenvalue weighted by molar-refractivity contribution is -0.151. The molecule has 3 atom stereocenters. The van der Waals surface area contributed by atoms with E-state index < -0.39 is 18.2 Å². The van der Waals surface area contributed by atoms with Crippen LogP contribution in [0.1, 0.15) is 284 Å². The van der Waals surface area contributed by atoms with Crippen LogP contribution >= 0.6 is 0 Å². The number of esters is 1. The molecule has 0 aliphatic carbocycles. The van der Waals surface area contributed by atoms with E-state index in [0.717, 1.165) is 89.9 Å². The number of carbonyl (C=O) groups excluding carboxylic acids is 2. The minimum atomic E-state index is -0.796. The second-order valence-electron chi connectivity index (χ2n) is 19.0. The first-order valence-corrected chi connectivity index (χ1v) is 27.9. The molecule has 3 unspecified atom stereocenters. The number of ether oxygens (including phenoxy) is 1. The van der Waals surface area contributed by atoms with Crippen molar-refractivity contribution in [2.45, 2.75) is 302 Å². The number of amides is 1. The predicted molar refractivity (Wildman–Crippen MR) is 278 cm³/mol. The molecule has 0 aromatic rings. The number of unbranched alkanes of at least 4 members (excludes halogenated alkanes) is 32. The van der Waals surface area contributed by atoms with Crippen molar-refractivity contribution in [1.29, 1.82) is 0 Å². The zero-order valence-corrected chi connectivity index (χ0v) is 42.7. The lowest BCUT2D eigenvalue weighted by atomic mass is 10.0. The molecule has 0 radical (unpaired) electrons. The normalized spacial score (nSPS) is 13.5. The number of aliphatic hydroxyl groups is 2. The van der Waals surface area contributed by atoms with Gasteiger partial charge in [-0.15, -0.1) is 0 Å². The van der Waals surface area contributed by atoms with Gasteiger partial charge >= 0.3 is 5.97 Å². The van der Waals surface area contributed by atoms with Gasteiger partial charge in [-0.1, -0.05) is 249 Å². The number of allylic oxidation sites excluding steroid dienone is 8. The maximum Gasteiger partial charge on any atom is 0.306 e. The van der Waals surface area contributed by atoms with E-state index in [1.807, 2.05) is 0 Å². The molecule has 0 aromatic heterocycles. The Hall–Kier alpha value is -2.18. The van der Waals surface area contributed by atoms with Crippen molar-refractivity contribution in [2.75, 3.05) is 6.61 Å². The molecule has 1 amide bonds. The van der Waals surface area contributed by atoms with Crippen molar-refractivity contribution in [3.05, 3.63) is 48.6 Å². The summed E-state index contributed by atoms with van der Waals surface area (Å²) in [7, 11) is 0. The predicted octanol–water partition coefficient (Wildman–Crippen LogP) is 17.0. The first-order chi connectivity index (χ1) is 31.5. The Balaban J connectivity index is 4.57. The Morgan fingerprint density at radius 3 is 1.33 bits per heavy atom. The third-order valence-electron chi connectivity index (χ3n) is 12.7. The van der Waals surface area contributed by atoms with Crippen molar-refractivity contribution < 1.29 is 24.5 Å². The van der Waals surface area contributed by atoms with Gasteiger partial charge in [0, 0.05) is 6.42 Å². The Kier molecular flexibility index (Phi) is 50.0. The molecule has 0 fully saturated rings. The van der Waals surface area contributed by atoms with E-state index in [-0.39, 0.29) is 24.9 Å². The van der Waals surface area contributed by atoms with Crippen LogP contribution in [0.25, 0.3) is 0 Å². The molecule has 0 spiro atoms. The zero-order chi connectivity index (χ0) is 46.7. The molecular formula is C58H107NO5. The SMILES string of the molecule is CC/C=C/C=C/C=C\CCCCCCCC(=O)OC(CCCCC/C=C/CCCCCCCCCCC)CC(=O)NC(CO)C(O)CCCCCCCCCCCCCCCCCC. The second-order valence-corrected chi connectivity index (χ2v) is 19.0. The van der Waals surface area contributed by atoms with Crippen molar-refractivity contribution in [2.24, 2.45) is 0 Å². The summed E-state index contributed by atoms with van der Waals surface area (Å²) in [5.74, 6) is -0.504. The highest BCUT2D eigenvalue weighted by atomic mass is 16.5. The van der Waals surface area contributed by atoms with Crippen molar-refractivity contribution in [1.82, 2.24) is 5.32 Å². The molecule has 3 N–H and O–H groups in total. The summed E-state index contributed by atoms with van der Waals surface area (Å²) in [6, 6.07) is -0.711. The van der Waals surface area contributed by atoms with Gasteiger partial charge in [-0.05, 0) is 70.6 Å². The van der Waals surface area contributed by atoms with Crippen LogP contribution in [0.2, 0.25) is 0 Å². The lowest BCUT2D eigenvalue weighted by Crippen LogP contribution is -2.46. The third-order valence-corrected chi connectivity index (χ3v) is 12.7. The molecule has 0 saturated carbocycles. The van der Waals surface area contributed by atoms with E-state index in [1.54, 1.807) is 0 Å². The molecule has 0 aliphatic heterocycles. The molecular weight excluding hydrogens is 791 g/mol. The van der Waals surface area contributed by atoms with E-state index in [4.69, 9.17) is 4.74 Å². The van der Waals surface area contributed by atoms with Crippen molar-refractivity contribution >= 4 is 11.9 Å². The fourth-order valence-electron chi connectivity index (χ4n) is 8.49. The zero-order valence-electron chi connectivity index (χ0n) is 42.7. The van der Waals surface area contributed by atoms with Gasteiger partial charge in [-0.3, -0.25) is 9.59 Å². The molecule has 6 heteroatoms. The van der Waals surface area contributed by atoms with Crippen molar-refractivity contribution in [3.63, 3.8) is 0 Å². The standard InChI is InChI=1S/C58H107NO5/c1-4-7-10-13-16-19-22-25-27-29-32-34-37-40-43-46-49-54(64-58(63)51-48-45-42-39-36-31-24-21-18-15-12-9-6-3)52-57(62)59-55(53-60)56(61)50-47-44-41-38-35-33-30-28-26-23-20-17-14-11-8-5-2/h9,12,15,18,21,24,32,34,54-56,60-61H,4-8,10-11,13-14,16-17,19-20,22-23,25-31,33,35-53H2,1-3H3,(H,59,62)/b12-9+,18-15+,24-21-,34-32+. The Morgan fingerprint density at radius 1 is 0.469 bits per heavy atom. The van der Waals surface area contributed by atoms with E-state index in [1.165, 1.54) is 148 Å². The van der Waals surface area contributed by atoms with Crippen LogP contribution in [0.15, 0.2) is 48.6 Å². The average molecular weight is 898 g/mol. The van der Waals surface area contributed by atoms with Crippen LogP contribution in [-0.4, -0.2) is 46.9 Å². The van der Waals surface area contributed by atoms with Gasteiger partial charge in [0.05, 0.1) is 25.2 Å². The summed E-state index contributed by atoms with van der Waals surface area (Å²) >= 11 is 0. The van der Waals surface area contributed by atoms with E-state index in [2.05, 4.69) is 74.7 Å². The Bertz CT molecular complexity index is 1100. The summed E-state index contributed by atoms with van der Waals surface area (Å²) in [6.45, 7) is 6.37.